The van der Waals surface area contributed by atoms with E-state index in [-0.39, 0.29) is 18.4 Å². The number of aryl methyl sites for hydroxylation is 2. The van der Waals surface area contributed by atoms with E-state index in [0.29, 0.717) is 11.4 Å². The molecule has 0 aliphatic carbocycles. The van der Waals surface area contributed by atoms with Crippen LogP contribution in [0.2, 0.25) is 0 Å². The van der Waals surface area contributed by atoms with Crippen molar-refractivity contribution in [1.29, 1.82) is 0 Å². The first-order valence-electron chi connectivity index (χ1n) is 6.66. The van der Waals surface area contributed by atoms with Crippen molar-refractivity contribution >= 4 is 5.91 Å². The van der Waals surface area contributed by atoms with Crippen molar-refractivity contribution in [3.63, 3.8) is 0 Å². The van der Waals surface area contributed by atoms with Gasteiger partial charge in [0, 0.05) is 19.4 Å². The van der Waals surface area contributed by atoms with Gasteiger partial charge in [0.2, 0.25) is 5.91 Å². The van der Waals surface area contributed by atoms with Crippen LogP contribution in [0.15, 0.2) is 17.0 Å². The Bertz CT molecular complexity index is 575. The molecule has 20 heavy (non-hydrogen) atoms. The second-order valence-electron chi connectivity index (χ2n) is 4.78. The summed E-state index contributed by atoms with van der Waals surface area (Å²) >= 11 is 0. The summed E-state index contributed by atoms with van der Waals surface area (Å²) in [5.74, 6) is 0.750. The molecule has 2 rings (SSSR count). The Hall–Kier alpha value is -2.18. The van der Waals surface area contributed by atoms with Gasteiger partial charge in [0.15, 0.2) is 0 Å². The third-order valence-electron chi connectivity index (χ3n) is 3.16. The molecule has 2 aromatic heterocycles. The topological polar surface area (TPSA) is 85.8 Å². The maximum Gasteiger partial charge on any atom is 0.226 e. The Morgan fingerprint density at radius 1 is 1.50 bits per heavy atom. The number of carbonyl (C=O) groups excluding carboxylic acids is 1. The Balaban J connectivity index is 2.03. The lowest BCUT2D eigenvalue weighted by atomic mass is 10.1. The molecule has 0 fully saturated rings. The molecule has 0 saturated heterocycles. The number of nitrogens with one attached hydrogen (secondary N) is 1. The zero-order chi connectivity index (χ0) is 14.5. The van der Waals surface area contributed by atoms with E-state index in [4.69, 9.17) is 0 Å². The lowest BCUT2D eigenvalue weighted by molar-refractivity contribution is -0.121. The number of hydrogen-bond donors (Lipinski definition) is 1. The first-order chi connectivity index (χ1) is 9.61. The van der Waals surface area contributed by atoms with Crippen LogP contribution in [-0.2, 0) is 18.3 Å². The number of imidazole rings is 1. The smallest absolute Gasteiger partial charge is 0.226 e. The molecular formula is C13H19N5O2. The fourth-order valence-corrected chi connectivity index (χ4v) is 2.07. The first kappa shape index (κ1) is 14.2. The van der Waals surface area contributed by atoms with Gasteiger partial charge in [-0.1, -0.05) is 23.7 Å². The first-order valence-corrected chi connectivity index (χ1v) is 6.66. The minimum Gasteiger partial charge on any atom is -0.346 e. The molecular weight excluding hydrogens is 258 g/mol. The zero-order valence-corrected chi connectivity index (χ0v) is 12.0. The van der Waals surface area contributed by atoms with Gasteiger partial charge in [-0.15, -0.1) is 0 Å². The minimum absolute atomic E-state index is 0.0901. The van der Waals surface area contributed by atoms with Gasteiger partial charge in [0.05, 0.1) is 12.5 Å². The molecule has 7 nitrogen and oxygen atoms in total. The summed E-state index contributed by atoms with van der Waals surface area (Å²) in [5.41, 5.74) is 1.21. The van der Waals surface area contributed by atoms with Crippen molar-refractivity contribution in [2.45, 2.75) is 39.2 Å². The summed E-state index contributed by atoms with van der Waals surface area (Å²) in [6.45, 7) is 3.84. The normalized spacial score (nSPS) is 12.3. The second-order valence-corrected chi connectivity index (χ2v) is 4.78. The monoisotopic (exact) mass is 277 g/mol. The molecule has 0 spiro atoms. The molecule has 1 N–H and O–H groups in total. The highest BCUT2D eigenvalue weighted by Gasteiger charge is 2.19. The summed E-state index contributed by atoms with van der Waals surface area (Å²) in [4.78, 5) is 16.4. The lowest BCUT2D eigenvalue weighted by Gasteiger charge is -2.17. The van der Waals surface area contributed by atoms with Crippen LogP contribution in [0.1, 0.15) is 43.0 Å². The van der Waals surface area contributed by atoms with E-state index in [1.165, 1.54) is 0 Å². The highest BCUT2D eigenvalue weighted by molar-refractivity contribution is 5.78. The van der Waals surface area contributed by atoms with E-state index in [2.05, 4.69) is 32.2 Å². The summed E-state index contributed by atoms with van der Waals surface area (Å²) in [6, 6.07) is -0.0901. The number of nitrogens with zero attached hydrogens (tertiary/aromatic N) is 4. The van der Waals surface area contributed by atoms with Gasteiger partial charge in [-0.05, 0) is 13.3 Å². The average molecular weight is 277 g/mol. The van der Waals surface area contributed by atoms with Gasteiger partial charge in [0.25, 0.3) is 0 Å². The van der Waals surface area contributed by atoms with Gasteiger partial charge in [0.1, 0.15) is 17.2 Å². The van der Waals surface area contributed by atoms with E-state index in [0.717, 1.165) is 18.7 Å². The molecule has 7 heteroatoms. The van der Waals surface area contributed by atoms with Crippen molar-refractivity contribution in [2.75, 3.05) is 0 Å². The fourth-order valence-electron chi connectivity index (χ4n) is 2.07. The Morgan fingerprint density at radius 3 is 2.85 bits per heavy atom. The summed E-state index contributed by atoms with van der Waals surface area (Å²) in [5, 5.41) is 10.4. The quantitative estimate of drug-likeness (QED) is 0.860. The molecule has 1 amide bonds. The maximum atomic E-state index is 12.1. The van der Waals surface area contributed by atoms with E-state index in [1.54, 1.807) is 13.1 Å². The summed E-state index contributed by atoms with van der Waals surface area (Å²) in [6.07, 6.45) is 5.57. The van der Waals surface area contributed by atoms with Crippen LogP contribution in [0.4, 0.5) is 0 Å². The van der Waals surface area contributed by atoms with Crippen molar-refractivity contribution in [3.05, 3.63) is 29.6 Å². The van der Waals surface area contributed by atoms with Crippen molar-refractivity contribution in [2.24, 2.45) is 7.05 Å². The standard InChI is InChI=1S/C13H19N5O2/c1-4-5-10(13-14-6-7-18(13)3)15-12(19)8-11-9(2)16-20-17-11/h6-7,10H,4-5,8H2,1-3H3,(H,15,19)/t10-/m0/s1. The van der Waals surface area contributed by atoms with E-state index in [1.807, 2.05) is 17.8 Å². The van der Waals surface area contributed by atoms with Crippen molar-refractivity contribution in [1.82, 2.24) is 25.2 Å². The van der Waals surface area contributed by atoms with Gasteiger partial charge in [-0.3, -0.25) is 4.79 Å². The predicted molar refractivity (Wildman–Crippen MR) is 71.7 cm³/mol. The van der Waals surface area contributed by atoms with Crippen LogP contribution in [0, 0.1) is 6.92 Å². The van der Waals surface area contributed by atoms with Gasteiger partial charge < -0.3 is 9.88 Å². The SMILES string of the molecule is CCC[C@H](NC(=O)Cc1nonc1C)c1nccn1C. The highest BCUT2D eigenvalue weighted by atomic mass is 16.6. The zero-order valence-electron chi connectivity index (χ0n) is 12.0. The van der Waals surface area contributed by atoms with Crippen LogP contribution in [0.5, 0.6) is 0 Å². The van der Waals surface area contributed by atoms with Gasteiger partial charge in [-0.2, -0.15) is 0 Å². The molecule has 0 saturated carbocycles. The van der Waals surface area contributed by atoms with Crippen LogP contribution in [-0.4, -0.2) is 25.8 Å². The van der Waals surface area contributed by atoms with E-state index >= 15 is 0 Å². The maximum absolute atomic E-state index is 12.1. The van der Waals surface area contributed by atoms with Crippen LogP contribution >= 0.6 is 0 Å². The summed E-state index contributed by atoms with van der Waals surface area (Å²) in [7, 11) is 1.92. The molecule has 0 aromatic carbocycles. The highest BCUT2D eigenvalue weighted by Crippen LogP contribution is 2.16. The van der Waals surface area contributed by atoms with Crippen LogP contribution < -0.4 is 5.32 Å². The molecule has 0 aliphatic heterocycles. The molecule has 0 unspecified atom stereocenters. The molecule has 0 aliphatic rings. The molecule has 108 valence electrons. The van der Waals surface area contributed by atoms with Crippen molar-refractivity contribution < 1.29 is 9.42 Å². The van der Waals surface area contributed by atoms with Crippen molar-refractivity contribution in [3.8, 4) is 0 Å². The van der Waals surface area contributed by atoms with Gasteiger partial charge in [-0.25, -0.2) is 9.61 Å². The molecule has 0 radical (unpaired) electrons. The number of amides is 1. The Labute approximate surface area is 117 Å². The Morgan fingerprint density at radius 2 is 2.30 bits per heavy atom. The summed E-state index contributed by atoms with van der Waals surface area (Å²) < 4.78 is 6.51. The van der Waals surface area contributed by atoms with E-state index < -0.39 is 0 Å². The van der Waals surface area contributed by atoms with Gasteiger partial charge >= 0.3 is 0 Å². The number of hydrogen-bond acceptors (Lipinski definition) is 5. The third kappa shape index (κ3) is 3.23. The van der Waals surface area contributed by atoms with E-state index in [9.17, 15) is 4.79 Å². The lowest BCUT2D eigenvalue weighted by Crippen LogP contribution is -2.31. The van der Waals surface area contributed by atoms with Crippen LogP contribution in [0.25, 0.3) is 0 Å². The fraction of sp³-hybridized carbons (Fsp3) is 0.538. The largest absolute Gasteiger partial charge is 0.346 e. The number of rotatable bonds is 6. The number of aromatic nitrogens is 4. The minimum atomic E-state index is -0.106. The molecule has 2 aromatic rings. The molecule has 0 bridgehead atoms. The Kier molecular flexibility index (Phi) is 4.49. The molecule has 1 atom stereocenters. The third-order valence-corrected chi connectivity index (χ3v) is 3.16. The molecule has 2 heterocycles. The van der Waals surface area contributed by atoms with Crippen LogP contribution in [0.3, 0.4) is 0 Å². The predicted octanol–water partition coefficient (Wildman–Crippen LogP) is 1.31. The second kappa shape index (κ2) is 6.31. The number of carbonyl (C=O) groups is 1. The average Bonchev–Trinajstić information content (AvgIpc) is 2.99.